The summed E-state index contributed by atoms with van der Waals surface area (Å²) in [6, 6.07) is 10.6. The van der Waals surface area contributed by atoms with Crippen LogP contribution in [-0.2, 0) is 0 Å². The highest BCUT2D eigenvalue weighted by molar-refractivity contribution is 5.95. The first-order valence-corrected chi connectivity index (χ1v) is 9.16. The van der Waals surface area contributed by atoms with E-state index >= 15 is 0 Å². The van der Waals surface area contributed by atoms with Crippen LogP contribution >= 0.6 is 0 Å². The van der Waals surface area contributed by atoms with Crippen molar-refractivity contribution >= 4 is 17.8 Å². The number of amides is 1. The van der Waals surface area contributed by atoms with Gasteiger partial charge in [0.05, 0.1) is 6.21 Å². The van der Waals surface area contributed by atoms with Gasteiger partial charge in [-0.3, -0.25) is 4.79 Å². The number of carbonyl (C=O) groups excluding carboxylic acids is 1. The van der Waals surface area contributed by atoms with E-state index in [-0.39, 0.29) is 17.3 Å². The molecule has 1 aliphatic heterocycles. The molecule has 0 aromatic heterocycles. The number of halogens is 1. The van der Waals surface area contributed by atoms with Crippen molar-refractivity contribution in [3.8, 4) is 0 Å². The van der Waals surface area contributed by atoms with Gasteiger partial charge in [-0.25, -0.2) is 9.82 Å². The van der Waals surface area contributed by atoms with Crippen LogP contribution in [0.3, 0.4) is 0 Å². The van der Waals surface area contributed by atoms with E-state index in [4.69, 9.17) is 0 Å². The number of hydrogen-bond donors (Lipinski definition) is 1. The Bertz CT molecular complexity index is 887. The highest BCUT2D eigenvalue weighted by Gasteiger charge is 2.34. The minimum Gasteiger partial charge on any atom is -0.369 e. The third kappa shape index (κ3) is 3.87. The Balaban J connectivity index is 1.80. The lowest BCUT2D eigenvalue weighted by atomic mass is 9.80. The average molecular weight is 367 g/mol. The van der Waals surface area contributed by atoms with Crippen molar-refractivity contribution in [1.29, 1.82) is 0 Å². The van der Waals surface area contributed by atoms with E-state index in [1.54, 1.807) is 18.2 Å². The summed E-state index contributed by atoms with van der Waals surface area (Å²) in [6.45, 7) is 8.45. The lowest BCUT2D eigenvalue weighted by Gasteiger charge is -2.45. The zero-order valence-electron chi connectivity index (χ0n) is 16.5. The zero-order valence-corrected chi connectivity index (χ0v) is 16.5. The Labute approximate surface area is 160 Å². The summed E-state index contributed by atoms with van der Waals surface area (Å²) in [5.41, 5.74) is 6.42. The number of nitrogens with zero attached hydrogens (tertiary/aromatic N) is 2. The normalized spacial score (nSPS) is 18.4. The fourth-order valence-electron chi connectivity index (χ4n) is 3.63. The Kier molecular flexibility index (Phi) is 5.05. The Hall–Kier alpha value is -2.69. The van der Waals surface area contributed by atoms with Crippen LogP contribution in [0.5, 0.6) is 0 Å². The van der Waals surface area contributed by atoms with Gasteiger partial charge in [0.1, 0.15) is 5.82 Å². The molecular weight excluding hydrogens is 341 g/mol. The molecule has 0 saturated carbocycles. The number of rotatable bonds is 3. The van der Waals surface area contributed by atoms with Crippen LogP contribution in [-0.4, -0.2) is 24.7 Å². The van der Waals surface area contributed by atoms with Gasteiger partial charge in [0.15, 0.2) is 0 Å². The van der Waals surface area contributed by atoms with Gasteiger partial charge >= 0.3 is 0 Å². The van der Waals surface area contributed by atoms with Gasteiger partial charge in [-0.2, -0.15) is 5.10 Å². The van der Waals surface area contributed by atoms with E-state index in [9.17, 15) is 9.18 Å². The summed E-state index contributed by atoms with van der Waals surface area (Å²) in [4.78, 5) is 14.2. The van der Waals surface area contributed by atoms with Crippen LogP contribution in [0.1, 0.15) is 60.2 Å². The Morgan fingerprint density at radius 2 is 1.96 bits per heavy atom. The van der Waals surface area contributed by atoms with E-state index < -0.39 is 0 Å². The standard InChI is InChI=1S/C22H26FN3O/c1-14-6-8-16(9-7-14)21(27)25-24-13-17-10-18-15(2)12-22(3,4)26(5)20(18)11-19(17)23/h6-11,13,15H,12H2,1-5H3,(H,25,27)/b24-13-. The molecule has 1 N–H and O–H groups in total. The smallest absolute Gasteiger partial charge is 0.271 e. The molecule has 0 spiro atoms. The van der Waals surface area contributed by atoms with E-state index in [0.717, 1.165) is 23.2 Å². The Morgan fingerprint density at radius 1 is 1.30 bits per heavy atom. The minimum absolute atomic E-state index is 0.0174. The summed E-state index contributed by atoms with van der Waals surface area (Å²) < 4.78 is 14.6. The van der Waals surface area contributed by atoms with Gasteiger partial charge in [-0.15, -0.1) is 0 Å². The predicted octanol–water partition coefficient (Wildman–Crippen LogP) is 4.62. The van der Waals surface area contributed by atoms with Crippen LogP contribution < -0.4 is 10.3 Å². The molecule has 1 atom stereocenters. The molecule has 2 aromatic rings. The first-order valence-electron chi connectivity index (χ1n) is 9.16. The number of anilines is 1. The van der Waals surface area contributed by atoms with Gasteiger partial charge in [0.25, 0.3) is 5.91 Å². The molecule has 1 heterocycles. The number of nitrogens with one attached hydrogen (secondary N) is 1. The van der Waals surface area contributed by atoms with Crippen molar-refractivity contribution in [2.24, 2.45) is 5.10 Å². The lowest BCUT2D eigenvalue weighted by Crippen LogP contribution is -2.45. The van der Waals surface area contributed by atoms with Crippen molar-refractivity contribution in [3.05, 3.63) is 64.5 Å². The number of hydrogen-bond acceptors (Lipinski definition) is 3. The second-order valence-corrected chi connectivity index (χ2v) is 7.97. The summed E-state index contributed by atoms with van der Waals surface area (Å²) >= 11 is 0. The molecule has 5 heteroatoms. The molecular formula is C22H26FN3O. The monoisotopic (exact) mass is 367 g/mol. The lowest BCUT2D eigenvalue weighted by molar-refractivity contribution is 0.0955. The maximum atomic E-state index is 14.6. The van der Waals surface area contributed by atoms with Gasteiger partial charge in [0, 0.05) is 29.4 Å². The number of aryl methyl sites for hydroxylation is 1. The van der Waals surface area contributed by atoms with Crippen molar-refractivity contribution < 1.29 is 9.18 Å². The van der Waals surface area contributed by atoms with E-state index in [1.165, 1.54) is 6.21 Å². The van der Waals surface area contributed by atoms with Crippen LogP contribution in [0.15, 0.2) is 41.5 Å². The number of carbonyl (C=O) groups is 1. The molecule has 1 aliphatic rings. The zero-order chi connectivity index (χ0) is 19.8. The SMILES string of the molecule is Cc1ccc(C(=O)N/N=C\c2cc3c(cc2F)N(C)C(C)(C)CC3C)cc1. The molecule has 1 unspecified atom stereocenters. The highest BCUT2D eigenvalue weighted by atomic mass is 19.1. The van der Waals surface area contributed by atoms with Gasteiger partial charge in [-0.1, -0.05) is 24.6 Å². The average Bonchev–Trinajstić information content (AvgIpc) is 2.61. The summed E-state index contributed by atoms with van der Waals surface area (Å²) in [6.07, 6.45) is 2.36. The maximum absolute atomic E-state index is 14.6. The van der Waals surface area contributed by atoms with Crippen LogP contribution in [0, 0.1) is 12.7 Å². The van der Waals surface area contributed by atoms with Gasteiger partial charge in [-0.05, 0) is 62.9 Å². The molecule has 142 valence electrons. The summed E-state index contributed by atoms with van der Waals surface area (Å²) in [5.74, 6) is -0.348. The first kappa shape index (κ1) is 19.1. The molecule has 0 radical (unpaired) electrons. The van der Waals surface area contributed by atoms with Crippen LogP contribution in [0.25, 0.3) is 0 Å². The topological polar surface area (TPSA) is 44.7 Å². The summed E-state index contributed by atoms with van der Waals surface area (Å²) in [5, 5.41) is 3.94. The van der Waals surface area contributed by atoms with E-state index in [0.29, 0.717) is 17.0 Å². The molecule has 0 fully saturated rings. The van der Waals surface area contributed by atoms with Gasteiger partial charge in [0.2, 0.25) is 0 Å². The van der Waals surface area contributed by atoms with Crippen molar-refractivity contribution in [1.82, 2.24) is 5.43 Å². The van der Waals surface area contributed by atoms with Crippen LogP contribution in [0.4, 0.5) is 10.1 Å². The second kappa shape index (κ2) is 7.14. The maximum Gasteiger partial charge on any atom is 0.271 e. The van der Waals surface area contributed by atoms with Gasteiger partial charge < -0.3 is 4.90 Å². The van der Waals surface area contributed by atoms with Crippen molar-refractivity contribution in [2.75, 3.05) is 11.9 Å². The van der Waals surface area contributed by atoms with Crippen molar-refractivity contribution in [3.63, 3.8) is 0 Å². The van der Waals surface area contributed by atoms with Crippen LogP contribution in [0.2, 0.25) is 0 Å². The van der Waals surface area contributed by atoms with Crippen molar-refractivity contribution in [2.45, 2.75) is 45.6 Å². The Morgan fingerprint density at radius 3 is 2.63 bits per heavy atom. The molecule has 4 nitrogen and oxygen atoms in total. The molecule has 0 aliphatic carbocycles. The fourth-order valence-corrected chi connectivity index (χ4v) is 3.63. The predicted molar refractivity (Wildman–Crippen MR) is 108 cm³/mol. The molecule has 2 aromatic carbocycles. The third-order valence-corrected chi connectivity index (χ3v) is 5.44. The summed E-state index contributed by atoms with van der Waals surface area (Å²) in [7, 11) is 2.00. The van der Waals surface area contributed by atoms with E-state index in [2.05, 4.69) is 36.2 Å². The minimum atomic E-state index is -0.348. The molecule has 0 saturated heterocycles. The molecule has 1 amide bonds. The fraction of sp³-hybridized carbons (Fsp3) is 0.364. The first-order chi connectivity index (χ1) is 12.7. The highest BCUT2D eigenvalue weighted by Crippen LogP contribution is 2.43. The number of fused-ring (bicyclic) bond motifs is 1. The largest absolute Gasteiger partial charge is 0.369 e. The third-order valence-electron chi connectivity index (χ3n) is 5.44. The second-order valence-electron chi connectivity index (χ2n) is 7.97. The number of benzene rings is 2. The quantitative estimate of drug-likeness (QED) is 0.635. The molecule has 3 rings (SSSR count). The van der Waals surface area contributed by atoms with E-state index in [1.807, 2.05) is 32.2 Å². The number of hydrazone groups is 1. The molecule has 27 heavy (non-hydrogen) atoms. The molecule has 0 bridgehead atoms.